The Labute approximate surface area is 123 Å². The first kappa shape index (κ1) is 13.1. The number of amidine groups is 1. The van der Waals surface area contributed by atoms with Gasteiger partial charge in [-0.2, -0.15) is 0 Å². The molecule has 0 N–H and O–H groups in total. The van der Waals surface area contributed by atoms with Crippen LogP contribution < -0.4 is 0 Å². The van der Waals surface area contributed by atoms with Gasteiger partial charge in [-0.3, -0.25) is 4.99 Å². The number of aliphatic imine (C=N–C) groups is 1. The first-order valence-corrected chi connectivity index (χ1v) is 7.04. The fraction of sp³-hybridized carbons (Fsp3) is 0.250. The minimum atomic E-state index is 0.449. The topological polar surface area (TPSA) is 28.5 Å². The van der Waals surface area contributed by atoms with Crippen LogP contribution >= 0.6 is 11.6 Å². The lowest BCUT2D eigenvalue weighted by Gasteiger charge is -2.31. The summed E-state index contributed by atoms with van der Waals surface area (Å²) < 4.78 is 0. The van der Waals surface area contributed by atoms with Gasteiger partial charge < -0.3 is 4.90 Å². The van der Waals surface area contributed by atoms with E-state index in [0.717, 1.165) is 24.5 Å². The molecule has 102 valence electrons. The van der Waals surface area contributed by atoms with E-state index in [0.29, 0.717) is 11.1 Å². The van der Waals surface area contributed by atoms with E-state index in [9.17, 15) is 0 Å². The van der Waals surface area contributed by atoms with Crippen molar-refractivity contribution in [2.24, 2.45) is 4.99 Å². The second kappa shape index (κ2) is 5.63. The Morgan fingerprint density at radius 2 is 1.95 bits per heavy atom. The lowest BCUT2D eigenvalue weighted by Crippen LogP contribution is -2.37. The van der Waals surface area contributed by atoms with Gasteiger partial charge in [0.15, 0.2) is 0 Å². The van der Waals surface area contributed by atoms with Gasteiger partial charge in [-0.1, -0.05) is 41.9 Å². The summed E-state index contributed by atoms with van der Waals surface area (Å²) in [5.41, 5.74) is 2.36. The molecule has 1 aromatic heterocycles. The van der Waals surface area contributed by atoms with Gasteiger partial charge >= 0.3 is 0 Å². The lowest BCUT2D eigenvalue weighted by molar-refractivity contribution is 0.427. The van der Waals surface area contributed by atoms with Crippen LogP contribution in [0.3, 0.4) is 0 Å². The Kier molecular flexibility index (Phi) is 3.70. The van der Waals surface area contributed by atoms with Crippen LogP contribution in [0.2, 0.25) is 5.15 Å². The highest BCUT2D eigenvalue weighted by atomic mass is 35.5. The molecule has 0 fully saturated rings. The van der Waals surface area contributed by atoms with Crippen molar-refractivity contribution in [1.29, 1.82) is 0 Å². The van der Waals surface area contributed by atoms with Gasteiger partial charge in [0.2, 0.25) is 0 Å². The Morgan fingerprint density at radius 3 is 2.60 bits per heavy atom. The van der Waals surface area contributed by atoms with Gasteiger partial charge in [-0.25, -0.2) is 4.98 Å². The largest absolute Gasteiger partial charge is 0.359 e. The molecule has 3 rings (SSSR count). The minimum absolute atomic E-state index is 0.449. The normalized spacial score (nSPS) is 18.8. The van der Waals surface area contributed by atoms with Crippen LogP contribution in [0.25, 0.3) is 0 Å². The van der Waals surface area contributed by atoms with E-state index in [1.54, 1.807) is 12.3 Å². The Hall–Kier alpha value is -1.87. The third kappa shape index (κ3) is 2.68. The molecular formula is C16H16ClN3. The molecule has 1 aliphatic heterocycles. The molecule has 1 unspecified atom stereocenters. The summed E-state index contributed by atoms with van der Waals surface area (Å²) in [6, 6.07) is 14.3. The van der Waals surface area contributed by atoms with Crippen LogP contribution in [-0.2, 0) is 0 Å². The first-order valence-electron chi connectivity index (χ1n) is 6.66. The summed E-state index contributed by atoms with van der Waals surface area (Å²) in [6.07, 6.45) is 1.78. The van der Waals surface area contributed by atoms with Gasteiger partial charge in [0.05, 0.1) is 0 Å². The van der Waals surface area contributed by atoms with Crippen LogP contribution in [0.15, 0.2) is 53.7 Å². The highest BCUT2D eigenvalue weighted by Crippen LogP contribution is 2.22. The predicted molar refractivity (Wildman–Crippen MR) is 82.5 cm³/mol. The SMILES string of the molecule is CN1CC(c2ccccc2)CN=C1c1ccc(Cl)nc1. The average molecular weight is 286 g/mol. The van der Waals surface area contributed by atoms with Gasteiger partial charge in [0.1, 0.15) is 11.0 Å². The maximum absolute atomic E-state index is 5.83. The van der Waals surface area contributed by atoms with E-state index in [-0.39, 0.29) is 0 Å². The molecule has 1 aromatic carbocycles. The molecule has 0 saturated carbocycles. The summed E-state index contributed by atoms with van der Waals surface area (Å²) in [6.45, 7) is 1.78. The summed E-state index contributed by atoms with van der Waals surface area (Å²) in [7, 11) is 2.07. The van der Waals surface area contributed by atoms with E-state index in [1.807, 2.05) is 12.1 Å². The van der Waals surface area contributed by atoms with Crippen molar-refractivity contribution in [3.8, 4) is 0 Å². The quantitative estimate of drug-likeness (QED) is 0.793. The fourth-order valence-corrected chi connectivity index (χ4v) is 2.66. The predicted octanol–water partition coefficient (Wildman–Crippen LogP) is 3.21. The Balaban J connectivity index is 1.83. The minimum Gasteiger partial charge on any atom is -0.359 e. The first-order chi connectivity index (χ1) is 9.74. The molecule has 2 heterocycles. The lowest BCUT2D eigenvalue weighted by atomic mass is 9.97. The van der Waals surface area contributed by atoms with E-state index in [4.69, 9.17) is 16.6 Å². The molecule has 0 saturated heterocycles. The van der Waals surface area contributed by atoms with Crippen molar-refractivity contribution in [2.45, 2.75) is 5.92 Å². The van der Waals surface area contributed by atoms with Crippen LogP contribution in [0, 0.1) is 0 Å². The summed E-state index contributed by atoms with van der Waals surface area (Å²) >= 11 is 5.83. The van der Waals surface area contributed by atoms with Gasteiger partial charge in [-0.15, -0.1) is 0 Å². The van der Waals surface area contributed by atoms with Crippen molar-refractivity contribution >= 4 is 17.4 Å². The number of benzene rings is 1. The molecule has 0 spiro atoms. The molecule has 0 aliphatic carbocycles. The molecule has 0 amide bonds. The van der Waals surface area contributed by atoms with Crippen LogP contribution in [0.1, 0.15) is 17.0 Å². The van der Waals surface area contributed by atoms with Crippen molar-refractivity contribution < 1.29 is 0 Å². The van der Waals surface area contributed by atoms with Crippen molar-refractivity contribution in [1.82, 2.24) is 9.88 Å². The zero-order valence-electron chi connectivity index (χ0n) is 11.3. The van der Waals surface area contributed by atoms with Gasteiger partial charge in [0.25, 0.3) is 0 Å². The fourth-order valence-electron chi connectivity index (χ4n) is 2.55. The highest BCUT2D eigenvalue weighted by Gasteiger charge is 2.22. The number of rotatable bonds is 2. The molecule has 0 radical (unpaired) electrons. The maximum atomic E-state index is 5.83. The average Bonchev–Trinajstić information content (AvgIpc) is 2.49. The van der Waals surface area contributed by atoms with Gasteiger partial charge in [-0.05, 0) is 17.7 Å². The Bertz CT molecular complexity index is 607. The number of nitrogens with zero attached hydrogens (tertiary/aromatic N) is 3. The summed E-state index contributed by atoms with van der Waals surface area (Å²) in [5, 5.41) is 0.509. The monoisotopic (exact) mass is 285 g/mol. The smallest absolute Gasteiger partial charge is 0.132 e. The number of halogens is 1. The van der Waals surface area contributed by atoms with Crippen LogP contribution in [-0.4, -0.2) is 35.9 Å². The highest BCUT2D eigenvalue weighted by molar-refractivity contribution is 6.29. The van der Waals surface area contributed by atoms with Gasteiger partial charge in [0, 0.05) is 37.8 Å². The maximum Gasteiger partial charge on any atom is 0.132 e. The molecule has 0 bridgehead atoms. The third-order valence-electron chi connectivity index (χ3n) is 3.57. The third-order valence-corrected chi connectivity index (χ3v) is 3.80. The van der Waals surface area contributed by atoms with E-state index in [2.05, 4.69) is 41.2 Å². The van der Waals surface area contributed by atoms with Crippen molar-refractivity contribution in [3.05, 3.63) is 64.9 Å². The molecule has 3 nitrogen and oxygen atoms in total. The number of pyridine rings is 1. The van der Waals surface area contributed by atoms with Crippen molar-refractivity contribution in [2.75, 3.05) is 20.1 Å². The van der Waals surface area contributed by atoms with Crippen LogP contribution in [0.4, 0.5) is 0 Å². The molecule has 1 aliphatic rings. The number of hydrogen-bond acceptors (Lipinski definition) is 3. The summed E-state index contributed by atoms with van der Waals surface area (Å²) in [4.78, 5) is 11.0. The Morgan fingerprint density at radius 1 is 1.15 bits per heavy atom. The van der Waals surface area contributed by atoms with E-state index < -0.39 is 0 Å². The van der Waals surface area contributed by atoms with Crippen LogP contribution in [0.5, 0.6) is 0 Å². The van der Waals surface area contributed by atoms with E-state index >= 15 is 0 Å². The number of aromatic nitrogens is 1. The second-order valence-corrected chi connectivity index (χ2v) is 5.41. The van der Waals surface area contributed by atoms with Crippen molar-refractivity contribution in [3.63, 3.8) is 0 Å². The molecule has 1 atom stereocenters. The molecule has 4 heteroatoms. The molecular weight excluding hydrogens is 270 g/mol. The zero-order chi connectivity index (χ0) is 13.9. The second-order valence-electron chi connectivity index (χ2n) is 5.02. The number of hydrogen-bond donors (Lipinski definition) is 0. The summed E-state index contributed by atoms with van der Waals surface area (Å²) in [5.74, 6) is 1.44. The molecule has 20 heavy (non-hydrogen) atoms. The zero-order valence-corrected chi connectivity index (χ0v) is 12.1. The van der Waals surface area contributed by atoms with E-state index in [1.165, 1.54) is 5.56 Å². The number of likely N-dealkylation sites (N-methyl/N-ethyl adjacent to an activating group) is 1. The molecule has 2 aromatic rings. The standard InChI is InChI=1S/C16H16ClN3/c1-20-11-14(12-5-3-2-4-6-12)10-19-16(20)13-7-8-15(17)18-9-13/h2-9,14H,10-11H2,1H3.